The molecule has 2 nitrogen and oxygen atoms in total. The lowest BCUT2D eigenvalue weighted by Gasteiger charge is -1.97. The predicted octanol–water partition coefficient (Wildman–Crippen LogP) is 1.18. The molecule has 48 valence electrons. The smallest absolute Gasteiger partial charge is 0.306 e. The van der Waals surface area contributed by atoms with Crippen LogP contribution in [0.25, 0.3) is 0 Å². The van der Waals surface area contributed by atoms with Crippen LogP contribution in [0.15, 0.2) is 0 Å². The number of ether oxygens (including phenoxy) is 1. The van der Waals surface area contributed by atoms with Gasteiger partial charge in [-0.15, -0.1) is 11.6 Å². The Balaban J connectivity index is 3.25. The second-order valence-electron chi connectivity index (χ2n) is 1.56. The monoisotopic (exact) mass is 136 g/mol. The summed E-state index contributed by atoms with van der Waals surface area (Å²) >= 11 is 5.45. The van der Waals surface area contributed by atoms with E-state index in [1.165, 1.54) is 7.11 Å². The van der Waals surface area contributed by atoms with E-state index in [2.05, 4.69) is 4.74 Å². The molecule has 0 aliphatic rings. The maximum atomic E-state index is 10.3. The molecule has 0 heterocycles. The van der Waals surface area contributed by atoms with Gasteiger partial charge in [0.05, 0.1) is 13.5 Å². The van der Waals surface area contributed by atoms with E-state index in [9.17, 15) is 4.79 Å². The number of halogens is 1. The molecule has 0 saturated heterocycles. The van der Waals surface area contributed by atoms with Crippen LogP contribution in [-0.2, 0) is 9.53 Å². The molecule has 1 atom stereocenters. The van der Waals surface area contributed by atoms with Crippen molar-refractivity contribution in [2.24, 2.45) is 0 Å². The van der Waals surface area contributed by atoms with E-state index in [1.807, 2.05) is 0 Å². The molecule has 0 aromatic rings. The van der Waals surface area contributed by atoms with Crippen LogP contribution in [0.5, 0.6) is 0 Å². The summed E-state index contributed by atoms with van der Waals surface area (Å²) in [6, 6.07) is 0. The number of hydrogen-bond acceptors (Lipinski definition) is 2. The lowest BCUT2D eigenvalue weighted by Crippen LogP contribution is -2.05. The molecular formula is C5H9ClO2. The van der Waals surface area contributed by atoms with E-state index in [4.69, 9.17) is 11.6 Å². The molecular weight excluding hydrogens is 128 g/mol. The number of alkyl halides is 1. The van der Waals surface area contributed by atoms with Gasteiger partial charge in [-0.05, 0) is 6.92 Å². The molecule has 0 aromatic heterocycles. The van der Waals surface area contributed by atoms with E-state index >= 15 is 0 Å². The van der Waals surface area contributed by atoms with Gasteiger partial charge in [0.1, 0.15) is 0 Å². The van der Waals surface area contributed by atoms with Gasteiger partial charge in [-0.3, -0.25) is 4.79 Å². The van der Waals surface area contributed by atoms with E-state index in [1.54, 1.807) is 6.92 Å². The first kappa shape index (κ1) is 7.76. The van der Waals surface area contributed by atoms with Crippen LogP contribution in [-0.4, -0.2) is 18.5 Å². The molecule has 3 heteroatoms. The third kappa shape index (κ3) is 3.93. The topological polar surface area (TPSA) is 26.3 Å². The Hall–Kier alpha value is -0.240. The van der Waals surface area contributed by atoms with Gasteiger partial charge in [-0.1, -0.05) is 0 Å². The molecule has 0 bridgehead atoms. The van der Waals surface area contributed by atoms with E-state index in [-0.39, 0.29) is 17.8 Å². The molecule has 0 spiro atoms. The summed E-state index contributed by atoms with van der Waals surface area (Å²) in [6.07, 6.45) is 0.290. The fraction of sp³-hybridized carbons (Fsp3) is 0.800. The molecule has 0 radical (unpaired) electrons. The van der Waals surface area contributed by atoms with Crippen molar-refractivity contribution in [3.63, 3.8) is 0 Å². The Morgan fingerprint density at radius 3 is 2.50 bits per heavy atom. The summed E-state index contributed by atoms with van der Waals surface area (Å²) in [6.45, 7) is 1.75. The molecule has 8 heavy (non-hydrogen) atoms. The lowest BCUT2D eigenvalue weighted by atomic mass is 10.3. The average Bonchev–Trinajstić information content (AvgIpc) is 1.65. The minimum Gasteiger partial charge on any atom is -0.469 e. The van der Waals surface area contributed by atoms with Gasteiger partial charge in [0.2, 0.25) is 0 Å². The first-order valence-electron chi connectivity index (χ1n) is 2.37. The molecule has 0 aliphatic heterocycles. The molecule has 0 fully saturated rings. The molecule has 0 aliphatic carbocycles. The first-order chi connectivity index (χ1) is 3.66. The van der Waals surface area contributed by atoms with Crippen molar-refractivity contribution >= 4 is 17.6 Å². The third-order valence-corrected chi connectivity index (χ3v) is 0.830. The second kappa shape index (κ2) is 3.72. The molecule has 0 saturated carbocycles. The van der Waals surface area contributed by atoms with Crippen molar-refractivity contribution in [1.29, 1.82) is 0 Å². The van der Waals surface area contributed by atoms with E-state index in [0.29, 0.717) is 0 Å². The Bertz CT molecular complexity index is 80.5. The SMILES string of the molecule is COC(=O)CC(C)Cl. The van der Waals surface area contributed by atoms with Gasteiger partial charge in [0, 0.05) is 5.38 Å². The van der Waals surface area contributed by atoms with Crippen molar-refractivity contribution in [3.8, 4) is 0 Å². The van der Waals surface area contributed by atoms with Crippen molar-refractivity contribution in [2.45, 2.75) is 18.7 Å². The van der Waals surface area contributed by atoms with E-state index in [0.717, 1.165) is 0 Å². The average molecular weight is 137 g/mol. The highest BCUT2D eigenvalue weighted by molar-refractivity contribution is 6.21. The minimum absolute atomic E-state index is 0.123. The van der Waals surface area contributed by atoms with Gasteiger partial charge in [-0.25, -0.2) is 0 Å². The minimum atomic E-state index is -0.257. The van der Waals surface area contributed by atoms with Crippen molar-refractivity contribution in [2.75, 3.05) is 7.11 Å². The summed E-state index contributed by atoms with van der Waals surface area (Å²) in [4.78, 5) is 10.3. The molecule has 0 rings (SSSR count). The highest BCUT2D eigenvalue weighted by atomic mass is 35.5. The van der Waals surface area contributed by atoms with Crippen molar-refractivity contribution in [1.82, 2.24) is 0 Å². The van der Waals surface area contributed by atoms with Gasteiger partial charge in [0.25, 0.3) is 0 Å². The van der Waals surface area contributed by atoms with Crippen molar-refractivity contribution in [3.05, 3.63) is 0 Å². The highest BCUT2D eigenvalue weighted by Gasteiger charge is 2.03. The largest absolute Gasteiger partial charge is 0.469 e. The Morgan fingerprint density at radius 1 is 1.88 bits per heavy atom. The van der Waals surface area contributed by atoms with Gasteiger partial charge < -0.3 is 4.74 Å². The Morgan fingerprint density at radius 2 is 2.38 bits per heavy atom. The molecule has 1 unspecified atom stereocenters. The van der Waals surface area contributed by atoms with Crippen LogP contribution in [0.3, 0.4) is 0 Å². The number of carbonyl (C=O) groups is 1. The highest BCUT2D eigenvalue weighted by Crippen LogP contribution is 1.99. The zero-order chi connectivity index (χ0) is 6.57. The second-order valence-corrected chi connectivity index (χ2v) is 2.31. The normalized spacial score (nSPS) is 12.9. The van der Waals surface area contributed by atoms with E-state index < -0.39 is 0 Å². The van der Waals surface area contributed by atoms with Gasteiger partial charge >= 0.3 is 5.97 Å². The summed E-state index contributed by atoms with van der Waals surface area (Å²) in [5, 5.41) is -0.123. The fourth-order valence-corrected chi connectivity index (χ4v) is 0.439. The number of esters is 1. The zero-order valence-corrected chi connectivity index (χ0v) is 5.73. The summed E-state index contributed by atoms with van der Waals surface area (Å²) in [7, 11) is 1.35. The Kier molecular flexibility index (Phi) is 3.61. The molecule has 0 aromatic carbocycles. The number of methoxy groups -OCH3 is 1. The van der Waals surface area contributed by atoms with Crippen LogP contribution in [0.4, 0.5) is 0 Å². The standard InChI is InChI=1S/C5H9ClO2/c1-4(6)3-5(7)8-2/h4H,3H2,1-2H3. The first-order valence-corrected chi connectivity index (χ1v) is 2.81. The maximum absolute atomic E-state index is 10.3. The number of carbonyl (C=O) groups excluding carboxylic acids is 1. The van der Waals surface area contributed by atoms with Gasteiger partial charge in [-0.2, -0.15) is 0 Å². The summed E-state index contributed by atoms with van der Waals surface area (Å²) < 4.78 is 4.34. The summed E-state index contributed by atoms with van der Waals surface area (Å²) in [5.41, 5.74) is 0. The number of rotatable bonds is 2. The quantitative estimate of drug-likeness (QED) is 0.421. The van der Waals surface area contributed by atoms with Gasteiger partial charge in [0.15, 0.2) is 0 Å². The maximum Gasteiger partial charge on any atom is 0.306 e. The predicted molar refractivity (Wildman–Crippen MR) is 31.9 cm³/mol. The third-order valence-electron chi connectivity index (χ3n) is 0.676. The van der Waals surface area contributed by atoms with Crippen LogP contribution in [0, 0.1) is 0 Å². The summed E-state index contributed by atoms with van der Waals surface area (Å²) in [5.74, 6) is -0.257. The molecule has 0 N–H and O–H groups in total. The number of hydrogen-bond donors (Lipinski definition) is 0. The van der Waals surface area contributed by atoms with Crippen LogP contribution < -0.4 is 0 Å². The fourth-order valence-electron chi connectivity index (χ4n) is 0.313. The zero-order valence-electron chi connectivity index (χ0n) is 4.98. The van der Waals surface area contributed by atoms with Crippen LogP contribution in [0.2, 0.25) is 0 Å². The van der Waals surface area contributed by atoms with Crippen LogP contribution >= 0.6 is 11.6 Å². The van der Waals surface area contributed by atoms with Crippen molar-refractivity contribution < 1.29 is 9.53 Å². The lowest BCUT2D eigenvalue weighted by molar-refractivity contribution is -0.140. The van der Waals surface area contributed by atoms with Crippen LogP contribution in [0.1, 0.15) is 13.3 Å². The molecule has 0 amide bonds. The Labute approximate surface area is 53.8 Å².